The first-order valence-corrected chi connectivity index (χ1v) is 8.36. The lowest BCUT2D eigenvalue weighted by molar-refractivity contribution is 0.202. The van der Waals surface area contributed by atoms with E-state index in [-0.39, 0.29) is 17.5 Å². The molecule has 0 heterocycles. The molecule has 0 aliphatic carbocycles. The van der Waals surface area contributed by atoms with E-state index in [0.717, 1.165) is 0 Å². The van der Waals surface area contributed by atoms with E-state index in [1.54, 1.807) is 50.1 Å². The van der Waals surface area contributed by atoms with Crippen molar-refractivity contribution < 1.29 is 18.3 Å². The normalized spacial score (nSPS) is 11.9. The molecule has 0 amide bonds. The maximum absolute atomic E-state index is 12.4. The van der Waals surface area contributed by atoms with E-state index in [1.165, 1.54) is 0 Å². The van der Waals surface area contributed by atoms with E-state index in [9.17, 15) is 13.5 Å². The van der Waals surface area contributed by atoms with Gasteiger partial charge in [-0.1, -0.05) is 12.1 Å². The van der Waals surface area contributed by atoms with Gasteiger partial charge in [-0.05, 0) is 26.0 Å². The molecule has 0 aliphatic heterocycles. The van der Waals surface area contributed by atoms with Crippen LogP contribution in [0.25, 0.3) is 0 Å². The highest BCUT2D eigenvalue weighted by atomic mass is 32.2. The van der Waals surface area contributed by atoms with Gasteiger partial charge >= 0.3 is 0 Å². The lowest BCUT2D eigenvalue weighted by Crippen LogP contribution is -2.34. The Morgan fingerprint density at radius 2 is 1.95 bits per heavy atom. The van der Waals surface area contributed by atoms with E-state index in [2.05, 4.69) is 4.72 Å². The lowest BCUT2D eigenvalue weighted by atomic mass is 10.3. The summed E-state index contributed by atoms with van der Waals surface area (Å²) >= 11 is 0. The fourth-order valence-electron chi connectivity index (χ4n) is 1.99. The third kappa shape index (κ3) is 5.28. The van der Waals surface area contributed by atoms with Crippen molar-refractivity contribution in [1.82, 2.24) is 4.72 Å². The number of benzene rings is 1. The van der Waals surface area contributed by atoms with Crippen LogP contribution in [-0.4, -0.2) is 53.0 Å². The number of hydrogen-bond donors (Lipinski definition) is 2. The van der Waals surface area contributed by atoms with Crippen molar-refractivity contribution in [1.29, 1.82) is 0 Å². The summed E-state index contributed by atoms with van der Waals surface area (Å²) in [5.74, 6) is 0. The van der Waals surface area contributed by atoms with E-state index >= 15 is 0 Å². The highest BCUT2D eigenvalue weighted by Gasteiger charge is 2.22. The van der Waals surface area contributed by atoms with Crippen molar-refractivity contribution in [2.45, 2.75) is 24.8 Å². The monoisotopic (exact) mass is 316 g/mol. The predicted molar refractivity (Wildman–Crippen MR) is 83.1 cm³/mol. The SMILES string of the molecule is COCCN(CCO)c1ccccc1S(=O)(=O)NC(C)C. The number of rotatable bonds is 9. The standard InChI is InChI=1S/C14H24N2O4S/c1-12(2)15-21(18,19)14-7-5-4-6-13(14)16(8-10-17)9-11-20-3/h4-7,12,15,17H,8-11H2,1-3H3. The molecule has 0 bridgehead atoms. The van der Waals surface area contributed by atoms with Crippen LogP contribution < -0.4 is 9.62 Å². The maximum atomic E-state index is 12.4. The average molecular weight is 316 g/mol. The molecule has 1 aromatic rings. The van der Waals surface area contributed by atoms with Crippen LogP contribution >= 0.6 is 0 Å². The molecule has 6 nitrogen and oxygen atoms in total. The first-order chi connectivity index (χ1) is 9.92. The molecule has 0 saturated carbocycles. The van der Waals surface area contributed by atoms with E-state index in [0.29, 0.717) is 25.4 Å². The van der Waals surface area contributed by atoms with Crippen LogP contribution in [-0.2, 0) is 14.8 Å². The van der Waals surface area contributed by atoms with Gasteiger partial charge in [-0.15, -0.1) is 0 Å². The van der Waals surface area contributed by atoms with Crippen molar-refractivity contribution in [2.75, 3.05) is 38.3 Å². The zero-order valence-corrected chi connectivity index (χ0v) is 13.6. The van der Waals surface area contributed by atoms with E-state index in [1.807, 2.05) is 0 Å². The summed E-state index contributed by atoms with van der Waals surface area (Å²) < 4.78 is 32.5. The topological polar surface area (TPSA) is 78.9 Å². The minimum atomic E-state index is -3.59. The highest BCUT2D eigenvalue weighted by Crippen LogP contribution is 2.25. The van der Waals surface area contributed by atoms with Crippen molar-refractivity contribution in [2.24, 2.45) is 0 Å². The Morgan fingerprint density at radius 1 is 1.29 bits per heavy atom. The number of ether oxygens (including phenoxy) is 1. The van der Waals surface area contributed by atoms with Crippen LogP contribution in [0.5, 0.6) is 0 Å². The van der Waals surface area contributed by atoms with Crippen LogP contribution in [0.2, 0.25) is 0 Å². The number of nitrogens with one attached hydrogen (secondary N) is 1. The van der Waals surface area contributed by atoms with Crippen molar-refractivity contribution in [3.8, 4) is 0 Å². The molecule has 0 unspecified atom stereocenters. The Balaban J connectivity index is 3.17. The van der Waals surface area contributed by atoms with Crippen molar-refractivity contribution >= 4 is 15.7 Å². The first-order valence-electron chi connectivity index (χ1n) is 6.88. The average Bonchev–Trinajstić information content (AvgIpc) is 2.42. The second kappa shape index (κ2) is 8.33. The highest BCUT2D eigenvalue weighted by molar-refractivity contribution is 7.89. The molecule has 0 radical (unpaired) electrons. The quantitative estimate of drug-likeness (QED) is 0.705. The lowest BCUT2D eigenvalue weighted by Gasteiger charge is -2.26. The zero-order valence-electron chi connectivity index (χ0n) is 12.7. The number of aliphatic hydroxyl groups excluding tert-OH is 1. The summed E-state index contributed by atoms with van der Waals surface area (Å²) in [4.78, 5) is 2.02. The Hall–Kier alpha value is -1.15. The summed E-state index contributed by atoms with van der Waals surface area (Å²) in [5.41, 5.74) is 0.566. The minimum absolute atomic E-state index is 0.0598. The van der Waals surface area contributed by atoms with Crippen molar-refractivity contribution in [3.63, 3.8) is 0 Å². The molecule has 0 spiro atoms. The van der Waals surface area contributed by atoms with Gasteiger partial charge in [-0.3, -0.25) is 0 Å². The molecule has 0 aliphatic rings. The molecule has 0 atom stereocenters. The summed E-state index contributed by atoms with van der Waals surface area (Å²) in [7, 11) is -2.01. The third-order valence-electron chi connectivity index (χ3n) is 2.82. The Bertz CT molecular complexity index is 532. The maximum Gasteiger partial charge on any atom is 0.242 e. The number of sulfonamides is 1. The summed E-state index contributed by atoms with van der Waals surface area (Å²) in [5, 5.41) is 9.19. The summed E-state index contributed by atoms with van der Waals surface area (Å²) in [6.07, 6.45) is 0. The third-order valence-corrected chi connectivity index (χ3v) is 4.53. The van der Waals surface area contributed by atoms with E-state index < -0.39 is 10.0 Å². The van der Waals surface area contributed by atoms with Gasteiger partial charge in [0.25, 0.3) is 0 Å². The van der Waals surface area contributed by atoms with Crippen LogP contribution in [0.4, 0.5) is 5.69 Å². The molecular weight excluding hydrogens is 292 g/mol. The molecule has 2 N–H and O–H groups in total. The Kier molecular flexibility index (Phi) is 7.10. The van der Waals surface area contributed by atoms with Gasteiger partial charge < -0.3 is 14.7 Å². The molecule has 7 heteroatoms. The molecule has 1 rings (SSSR count). The Morgan fingerprint density at radius 3 is 2.52 bits per heavy atom. The number of anilines is 1. The largest absolute Gasteiger partial charge is 0.395 e. The van der Waals surface area contributed by atoms with Gasteiger partial charge in [-0.2, -0.15) is 0 Å². The second-order valence-corrected chi connectivity index (χ2v) is 6.63. The van der Waals surface area contributed by atoms with Crippen LogP contribution in [0.1, 0.15) is 13.8 Å². The van der Waals surface area contributed by atoms with Gasteiger partial charge in [-0.25, -0.2) is 13.1 Å². The number of para-hydroxylation sites is 1. The summed E-state index contributed by atoms with van der Waals surface area (Å²) in [6, 6.07) is 6.58. The fraction of sp³-hybridized carbons (Fsp3) is 0.571. The van der Waals surface area contributed by atoms with Gasteiger partial charge in [0.15, 0.2) is 0 Å². The minimum Gasteiger partial charge on any atom is -0.395 e. The number of hydrogen-bond acceptors (Lipinski definition) is 5. The van der Waals surface area contributed by atoms with Gasteiger partial charge in [0.2, 0.25) is 10.0 Å². The number of aliphatic hydroxyl groups is 1. The Labute approximate surface area is 126 Å². The molecule has 0 saturated heterocycles. The van der Waals surface area contributed by atoms with Crippen LogP contribution in [0, 0.1) is 0 Å². The second-order valence-electron chi connectivity index (χ2n) is 4.95. The van der Waals surface area contributed by atoms with Crippen LogP contribution in [0.15, 0.2) is 29.2 Å². The molecule has 120 valence electrons. The summed E-state index contributed by atoms with van der Waals surface area (Å²) in [6.45, 7) is 4.79. The smallest absolute Gasteiger partial charge is 0.242 e. The first kappa shape index (κ1) is 17.9. The van der Waals surface area contributed by atoms with Crippen LogP contribution in [0.3, 0.4) is 0 Å². The van der Waals surface area contributed by atoms with Crippen molar-refractivity contribution in [3.05, 3.63) is 24.3 Å². The molecule has 0 aromatic heterocycles. The number of methoxy groups -OCH3 is 1. The predicted octanol–water partition coefficient (Wildman–Crippen LogP) is 0.818. The fourth-order valence-corrected chi connectivity index (χ4v) is 3.47. The van der Waals surface area contributed by atoms with Gasteiger partial charge in [0.05, 0.1) is 18.9 Å². The molecule has 0 fully saturated rings. The number of nitrogens with zero attached hydrogens (tertiary/aromatic N) is 1. The van der Waals surface area contributed by atoms with Gasteiger partial charge in [0.1, 0.15) is 4.90 Å². The molecule has 1 aromatic carbocycles. The molecule has 21 heavy (non-hydrogen) atoms. The molecular formula is C14H24N2O4S. The van der Waals surface area contributed by atoms with E-state index in [4.69, 9.17) is 4.74 Å². The van der Waals surface area contributed by atoms with Gasteiger partial charge in [0, 0.05) is 26.2 Å². The zero-order chi connectivity index (χ0) is 15.9.